The Labute approximate surface area is 120 Å². The van der Waals surface area contributed by atoms with Crippen LogP contribution in [0.15, 0.2) is 0 Å². The molecule has 114 valence electrons. The van der Waals surface area contributed by atoms with Crippen molar-refractivity contribution >= 4 is 12.0 Å². The molecule has 1 aliphatic heterocycles. The maximum Gasteiger partial charge on any atom is 0.317 e. The Hall–Kier alpha value is -1.26. The lowest BCUT2D eigenvalue weighted by Crippen LogP contribution is -2.54. The minimum atomic E-state index is -0.812. The Morgan fingerprint density at radius 3 is 2.70 bits per heavy atom. The van der Waals surface area contributed by atoms with Gasteiger partial charge in [0.2, 0.25) is 0 Å². The highest BCUT2D eigenvalue weighted by Crippen LogP contribution is 2.38. The number of hydrogen-bond acceptors (Lipinski definition) is 2. The first-order valence-corrected chi connectivity index (χ1v) is 7.79. The van der Waals surface area contributed by atoms with E-state index in [1.807, 2.05) is 4.90 Å². The molecule has 5 nitrogen and oxygen atoms in total. The molecule has 0 bridgehead atoms. The largest absolute Gasteiger partial charge is 0.481 e. The van der Waals surface area contributed by atoms with E-state index in [0.717, 1.165) is 38.6 Å². The quantitative estimate of drug-likeness (QED) is 0.836. The minimum Gasteiger partial charge on any atom is -0.481 e. The van der Waals surface area contributed by atoms with Crippen molar-refractivity contribution < 1.29 is 14.7 Å². The topological polar surface area (TPSA) is 69.6 Å². The molecule has 2 fully saturated rings. The number of nitrogens with zero attached hydrogens (tertiary/aromatic N) is 1. The van der Waals surface area contributed by atoms with Crippen LogP contribution in [-0.4, -0.2) is 40.6 Å². The van der Waals surface area contributed by atoms with Gasteiger partial charge in [0.15, 0.2) is 0 Å². The van der Waals surface area contributed by atoms with E-state index < -0.39 is 11.4 Å². The van der Waals surface area contributed by atoms with Crippen LogP contribution in [0.1, 0.15) is 58.8 Å². The number of carbonyl (C=O) groups excluding carboxylic acids is 1. The first-order valence-electron chi connectivity index (χ1n) is 7.79. The third-order valence-electron chi connectivity index (χ3n) is 5.10. The van der Waals surface area contributed by atoms with Crippen molar-refractivity contribution in [3.8, 4) is 0 Å². The fourth-order valence-electron chi connectivity index (χ4n) is 3.58. The number of piperidine rings is 1. The Kier molecular flexibility index (Phi) is 4.55. The van der Waals surface area contributed by atoms with Crippen LogP contribution in [0.5, 0.6) is 0 Å². The van der Waals surface area contributed by atoms with Gasteiger partial charge in [-0.2, -0.15) is 0 Å². The van der Waals surface area contributed by atoms with Crippen molar-refractivity contribution in [3.05, 3.63) is 0 Å². The Morgan fingerprint density at radius 2 is 2.05 bits per heavy atom. The van der Waals surface area contributed by atoms with E-state index in [1.54, 1.807) is 6.92 Å². The van der Waals surface area contributed by atoms with Gasteiger partial charge >= 0.3 is 12.0 Å². The standard InChI is InChI=1S/C15H26N2O3/c1-3-11-7-4-5-10-17(11)14(20)16-12-8-6-9-15(12,2)13(18)19/h11-12H,3-10H2,1-2H3,(H,16,20)(H,18,19). The van der Waals surface area contributed by atoms with E-state index in [1.165, 1.54) is 6.42 Å². The van der Waals surface area contributed by atoms with E-state index >= 15 is 0 Å². The molecule has 1 saturated heterocycles. The average molecular weight is 282 g/mol. The predicted molar refractivity (Wildman–Crippen MR) is 76.5 cm³/mol. The maximum absolute atomic E-state index is 12.5. The minimum absolute atomic E-state index is 0.0732. The van der Waals surface area contributed by atoms with Gasteiger partial charge in [-0.25, -0.2) is 4.79 Å². The Balaban J connectivity index is 2.01. The van der Waals surface area contributed by atoms with Crippen molar-refractivity contribution in [2.24, 2.45) is 5.41 Å². The van der Waals surface area contributed by atoms with Crippen LogP contribution in [-0.2, 0) is 4.79 Å². The molecular formula is C15H26N2O3. The molecule has 2 rings (SSSR count). The zero-order chi connectivity index (χ0) is 14.8. The summed E-state index contributed by atoms with van der Waals surface area (Å²) in [5.74, 6) is -0.800. The molecule has 3 atom stereocenters. The number of amides is 2. The number of nitrogens with one attached hydrogen (secondary N) is 1. The highest BCUT2D eigenvalue weighted by atomic mass is 16.4. The van der Waals surface area contributed by atoms with Crippen LogP contribution < -0.4 is 5.32 Å². The van der Waals surface area contributed by atoms with E-state index in [0.29, 0.717) is 12.5 Å². The molecule has 1 saturated carbocycles. The second-order valence-electron chi connectivity index (χ2n) is 6.37. The van der Waals surface area contributed by atoms with Gasteiger partial charge in [-0.1, -0.05) is 13.3 Å². The number of carboxylic acids is 1. The third-order valence-corrected chi connectivity index (χ3v) is 5.10. The van der Waals surface area contributed by atoms with Crippen LogP contribution in [0.25, 0.3) is 0 Å². The van der Waals surface area contributed by atoms with Gasteiger partial charge in [0, 0.05) is 18.6 Å². The lowest BCUT2D eigenvalue weighted by Gasteiger charge is -2.37. The molecule has 20 heavy (non-hydrogen) atoms. The molecule has 0 radical (unpaired) electrons. The highest BCUT2D eigenvalue weighted by Gasteiger charge is 2.46. The molecule has 3 unspecified atom stereocenters. The van der Waals surface area contributed by atoms with Crippen LogP contribution >= 0.6 is 0 Å². The molecule has 2 N–H and O–H groups in total. The first kappa shape index (κ1) is 15.1. The molecule has 2 amide bonds. The van der Waals surface area contributed by atoms with Crippen LogP contribution in [0.2, 0.25) is 0 Å². The number of likely N-dealkylation sites (tertiary alicyclic amines) is 1. The molecule has 0 spiro atoms. The number of hydrogen-bond donors (Lipinski definition) is 2. The van der Waals surface area contributed by atoms with Gasteiger partial charge in [-0.3, -0.25) is 4.79 Å². The SMILES string of the molecule is CCC1CCCCN1C(=O)NC1CCCC1(C)C(=O)O. The molecule has 1 aliphatic carbocycles. The van der Waals surface area contributed by atoms with Gasteiger partial charge in [0.25, 0.3) is 0 Å². The fraction of sp³-hybridized carbons (Fsp3) is 0.867. The molecular weight excluding hydrogens is 256 g/mol. The van der Waals surface area contributed by atoms with E-state index in [9.17, 15) is 14.7 Å². The summed E-state index contributed by atoms with van der Waals surface area (Å²) in [6, 6.07) is -0.0101. The molecule has 0 aromatic carbocycles. The average Bonchev–Trinajstić information content (AvgIpc) is 2.81. The maximum atomic E-state index is 12.5. The zero-order valence-electron chi connectivity index (χ0n) is 12.5. The number of carbonyl (C=O) groups is 2. The second kappa shape index (κ2) is 6.02. The summed E-state index contributed by atoms with van der Waals surface area (Å²) in [7, 11) is 0. The monoisotopic (exact) mass is 282 g/mol. The molecule has 1 heterocycles. The third kappa shape index (κ3) is 2.76. The summed E-state index contributed by atoms with van der Waals surface area (Å²) in [6.45, 7) is 4.65. The first-order chi connectivity index (χ1) is 9.49. The van der Waals surface area contributed by atoms with Crippen LogP contribution in [0.4, 0.5) is 4.79 Å². The Bertz CT molecular complexity index is 385. The second-order valence-corrected chi connectivity index (χ2v) is 6.37. The summed E-state index contributed by atoms with van der Waals surface area (Å²) in [5, 5.41) is 12.4. The summed E-state index contributed by atoms with van der Waals surface area (Å²) >= 11 is 0. The summed E-state index contributed by atoms with van der Waals surface area (Å²) in [4.78, 5) is 25.8. The van der Waals surface area contributed by atoms with Gasteiger partial charge in [-0.05, 0) is 45.4 Å². The van der Waals surface area contributed by atoms with Gasteiger partial charge in [0.05, 0.1) is 5.41 Å². The van der Waals surface area contributed by atoms with E-state index in [4.69, 9.17) is 0 Å². The fourth-order valence-corrected chi connectivity index (χ4v) is 3.58. The Morgan fingerprint density at radius 1 is 1.30 bits per heavy atom. The lowest BCUT2D eigenvalue weighted by molar-refractivity contribution is -0.148. The number of rotatable bonds is 3. The smallest absolute Gasteiger partial charge is 0.317 e. The van der Waals surface area contributed by atoms with Gasteiger partial charge < -0.3 is 15.3 Å². The molecule has 0 aromatic heterocycles. The van der Waals surface area contributed by atoms with E-state index in [2.05, 4.69) is 12.2 Å². The van der Waals surface area contributed by atoms with Gasteiger partial charge in [-0.15, -0.1) is 0 Å². The van der Waals surface area contributed by atoms with Crippen molar-refractivity contribution in [2.45, 2.75) is 70.9 Å². The lowest BCUT2D eigenvalue weighted by atomic mass is 9.85. The van der Waals surface area contributed by atoms with E-state index in [-0.39, 0.29) is 12.1 Å². The van der Waals surface area contributed by atoms with Crippen molar-refractivity contribution in [2.75, 3.05) is 6.54 Å². The molecule has 2 aliphatic rings. The van der Waals surface area contributed by atoms with Crippen molar-refractivity contribution in [1.82, 2.24) is 10.2 Å². The van der Waals surface area contributed by atoms with Crippen molar-refractivity contribution in [1.29, 1.82) is 0 Å². The highest BCUT2D eigenvalue weighted by molar-refractivity contribution is 5.79. The summed E-state index contributed by atoms with van der Waals surface area (Å²) < 4.78 is 0. The van der Waals surface area contributed by atoms with Crippen molar-refractivity contribution in [3.63, 3.8) is 0 Å². The normalized spacial score (nSPS) is 34.0. The zero-order valence-corrected chi connectivity index (χ0v) is 12.5. The number of aliphatic carboxylic acids is 1. The summed E-state index contributed by atoms with van der Waals surface area (Å²) in [6.07, 6.45) is 6.52. The number of urea groups is 1. The van der Waals surface area contributed by atoms with Crippen LogP contribution in [0.3, 0.4) is 0 Å². The molecule has 0 aromatic rings. The van der Waals surface area contributed by atoms with Gasteiger partial charge in [0.1, 0.15) is 0 Å². The number of carboxylic acid groups (broad SMARTS) is 1. The summed E-state index contributed by atoms with van der Waals surface area (Å²) in [5.41, 5.74) is -0.812. The van der Waals surface area contributed by atoms with Crippen LogP contribution in [0, 0.1) is 5.41 Å². The predicted octanol–water partition coefficient (Wildman–Crippen LogP) is 2.60. The molecule has 5 heteroatoms.